The van der Waals surface area contributed by atoms with Crippen LogP contribution in [0.2, 0.25) is 0 Å². The van der Waals surface area contributed by atoms with Crippen LogP contribution in [0.1, 0.15) is 213 Å². The standard InChI is InChI=1S/C70H85BN2S/c1-19-43-20-23-46(42(3)34-43)47-37-51-53(69(15,16)30-28-67(51,11)12)39-57(47)73-56-25-21-44(64(4,5)6)35-55(56)71-61-58(32-41(2)33-59(61)73)72(45-22-24-49-50(36-45)66(9,10)27-26-65(49,7)8)62-48-38-52-54(40-60(48)74-63(62)71)70(17,18)31-29-68(52,13)14/h20-25,33-40,58H,19,26-32H2,1-18H3. The number of hydrogen-bond acceptors (Lipinski definition) is 3. The van der Waals surface area contributed by atoms with Crippen molar-refractivity contribution in [3.63, 3.8) is 0 Å². The first-order valence-corrected chi connectivity index (χ1v) is 29.6. The van der Waals surface area contributed by atoms with Gasteiger partial charge in [0.25, 0.3) is 6.71 Å². The first kappa shape index (κ1) is 50.0. The fourth-order valence-electron chi connectivity index (χ4n) is 15.1. The largest absolute Gasteiger partial charge is 0.334 e. The maximum Gasteiger partial charge on any atom is 0.259 e. The molecule has 1 aromatic heterocycles. The number of rotatable bonds is 4. The van der Waals surface area contributed by atoms with E-state index in [4.69, 9.17) is 0 Å². The molecule has 1 atom stereocenters. The van der Waals surface area contributed by atoms with Crippen molar-refractivity contribution in [2.75, 3.05) is 9.80 Å². The Bertz CT molecular complexity index is 3440. The van der Waals surface area contributed by atoms with E-state index < -0.39 is 0 Å². The van der Waals surface area contributed by atoms with Crippen molar-refractivity contribution in [2.45, 2.75) is 220 Å². The highest BCUT2D eigenvalue weighted by atomic mass is 32.1. The zero-order chi connectivity index (χ0) is 52.8. The summed E-state index contributed by atoms with van der Waals surface area (Å²) in [6.07, 6.45) is 11.8. The lowest BCUT2D eigenvalue weighted by molar-refractivity contribution is 0.332. The van der Waals surface area contributed by atoms with Gasteiger partial charge >= 0.3 is 0 Å². The fraction of sp³-hybridized carbons (Fsp3) is 0.486. The average molecular weight is 997 g/mol. The molecule has 0 N–H and O–H groups in total. The van der Waals surface area contributed by atoms with Gasteiger partial charge in [-0.1, -0.05) is 153 Å². The van der Waals surface area contributed by atoms with Crippen LogP contribution in [0.15, 0.2) is 102 Å². The number of fused-ring (bicyclic) bond motifs is 9. The van der Waals surface area contributed by atoms with Gasteiger partial charge in [-0.15, -0.1) is 11.3 Å². The zero-order valence-electron chi connectivity index (χ0n) is 48.7. The molecule has 3 heterocycles. The Labute approximate surface area is 451 Å². The fourth-order valence-corrected chi connectivity index (χ4v) is 16.4. The highest BCUT2D eigenvalue weighted by Crippen LogP contribution is 2.57. The maximum atomic E-state index is 2.91. The van der Waals surface area contributed by atoms with Crippen molar-refractivity contribution in [3.8, 4) is 11.1 Å². The first-order chi connectivity index (χ1) is 34.5. The van der Waals surface area contributed by atoms with Gasteiger partial charge < -0.3 is 9.80 Å². The molecule has 1 unspecified atom stereocenters. The molecular formula is C70H85BN2S. The molecule has 12 rings (SSSR count). The van der Waals surface area contributed by atoms with Gasteiger partial charge in [-0.3, -0.25) is 0 Å². The molecule has 0 amide bonds. The lowest BCUT2D eigenvalue weighted by Gasteiger charge is -2.51. The predicted octanol–water partition coefficient (Wildman–Crippen LogP) is 18.2. The van der Waals surface area contributed by atoms with Gasteiger partial charge in [-0.2, -0.15) is 0 Å². The first-order valence-electron chi connectivity index (χ1n) is 28.7. The Morgan fingerprint density at radius 3 is 1.74 bits per heavy atom. The third-order valence-electron chi connectivity index (χ3n) is 20.3. The lowest BCUT2D eigenvalue weighted by atomic mass is 9.33. The summed E-state index contributed by atoms with van der Waals surface area (Å²) in [7, 11) is 0. The summed E-state index contributed by atoms with van der Waals surface area (Å²) < 4.78 is 2.96. The molecule has 2 nitrogen and oxygen atoms in total. The van der Waals surface area contributed by atoms with E-state index in [1.807, 2.05) is 0 Å². The quantitative estimate of drug-likeness (QED) is 0.162. The van der Waals surface area contributed by atoms with Crippen LogP contribution in [0.4, 0.5) is 22.7 Å². The van der Waals surface area contributed by atoms with Crippen molar-refractivity contribution >= 4 is 61.1 Å². The highest BCUT2D eigenvalue weighted by molar-refractivity contribution is 7.32. The summed E-state index contributed by atoms with van der Waals surface area (Å²) in [5.74, 6) is 0. The normalized spacial score (nSPS) is 22.3. The maximum absolute atomic E-state index is 2.91. The molecule has 0 bridgehead atoms. The Hall–Kier alpha value is -4.80. The molecule has 0 saturated carbocycles. The van der Waals surface area contributed by atoms with E-state index in [-0.39, 0.29) is 50.7 Å². The third-order valence-corrected chi connectivity index (χ3v) is 21.5. The number of hydrogen-bond donors (Lipinski definition) is 0. The van der Waals surface area contributed by atoms with Crippen LogP contribution in [0.25, 0.3) is 21.2 Å². The van der Waals surface area contributed by atoms with Gasteiger partial charge in [0.2, 0.25) is 0 Å². The molecule has 5 aromatic carbocycles. The van der Waals surface area contributed by atoms with Crippen molar-refractivity contribution < 1.29 is 0 Å². The second-order valence-electron chi connectivity index (χ2n) is 29.4. The van der Waals surface area contributed by atoms with E-state index in [2.05, 4.69) is 231 Å². The minimum absolute atomic E-state index is 0.0225. The summed E-state index contributed by atoms with van der Waals surface area (Å²) in [5, 5.41) is 1.45. The molecule has 0 radical (unpaired) electrons. The smallest absolute Gasteiger partial charge is 0.259 e. The van der Waals surface area contributed by atoms with Gasteiger partial charge in [0.1, 0.15) is 0 Å². The minimum atomic E-state index is -0.0225. The van der Waals surface area contributed by atoms with Crippen LogP contribution >= 0.6 is 11.3 Å². The average Bonchev–Trinajstić information content (AvgIpc) is 3.70. The Morgan fingerprint density at radius 2 is 1.15 bits per heavy atom. The molecule has 4 aliphatic carbocycles. The Kier molecular flexibility index (Phi) is 10.9. The number of allylic oxidation sites excluding steroid dienone is 1. The van der Waals surface area contributed by atoms with E-state index in [0.29, 0.717) is 0 Å². The molecule has 2 aliphatic heterocycles. The van der Waals surface area contributed by atoms with Crippen molar-refractivity contribution in [3.05, 3.63) is 152 Å². The molecule has 0 spiro atoms. The minimum Gasteiger partial charge on any atom is -0.334 e. The van der Waals surface area contributed by atoms with Crippen molar-refractivity contribution in [2.24, 2.45) is 0 Å². The Morgan fingerprint density at radius 1 is 0.581 bits per heavy atom. The van der Waals surface area contributed by atoms with Crippen LogP contribution in [-0.2, 0) is 44.3 Å². The lowest BCUT2D eigenvalue weighted by Crippen LogP contribution is -2.60. The van der Waals surface area contributed by atoms with Gasteiger partial charge in [0.15, 0.2) is 0 Å². The van der Waals surface area contributed by atoms with Gasteiger partial charge in [-0.05, 0) is 218 Å². The van der Waals surface area contributed by atoms with Crippen molar-refractivity contribution in [1.82, 2.24) is 0 Å². The number of thiophene rings is 1. The second kappa shape index (κ2) is 16.1. The zero-order valence-corrected chi connectivity index (χ0v) is 49.5. The summed E-state index contributed by atoms with van der Waals surface area (Å²) in [4.78, 5) is 5.70. The van der Waals surface area contributed by atoms with Crippen LogP contribution in [0.3, 0.4) is 0 Å². The number of aryl methyl sites for hydroxylation is 2. The number of benzene rings is 5. The molecule has 6 aromatic rings. The molecule has 0 saturated heterocycles. The van der Waals surface area contributed by atoms with Gasteiger partial charge in [-0.25, -0.2) is 0 Å². The summed E-state index contributed by atoms with van der Waals surface area (Å²) in [5.41, 5.74) is 27.9. The highest BCUT2D eigenvalue weighted by Gasteiger charge is 2.52. The van der Waals surface area contributed by atoms with E-state index in [0.717, 1.165) is 12.8 Å². The van der Waals surface area contributed by atoms with Crippen LogP contribution < -0.4 is 20.0 Å². The van der Waals surface area contributed by atoms with E-state index in [1.165, 1.54) is 143 Å². The SMILES string of the molecule is CCc1ccc(-c2cc3c(cc2N2C4=C5B(c6cc(C(C)(C)C)ccc62)c2sc6cc7c(cc6c2N(c2ccc6c(c2)C(C)(C)CCC6(C)C)C5CC(C)=C4)C(C)(C)CCC7(C)C)C(C)(C)CCC3(C)C)c(C)c1. The van der Waals surface area contributed by atoms with Gasteiger partial charge in [0, 0.05) is 37.5 Å². The van der Waals surface area contributed by atoms with E-state index in [1.54, 1.807) is 16.6 Å². The van der Waals surface area contributed by atoms with Crippen molar-refractivity contribution in [1.29, 1.82) is 0 Å². The molecule has 384 valence electrons. The number of nitrogens with zero attached hydrogens (tertiary/aromatic N) is 2. The topological polar surface area (TPSA) is 6.48 Å². The third kappa shape index (κ3) is 7.42. The second-order valence-corrected chi connectivity index (χ2v) is 30.5. The molecule has 6 aliphatic rings. The molecular weight excluding hydrogens is 912 g/mol. The molecule has 0 fully saturated rings. The van der Waals surface area contributed by atoms with Crippen LogP contribution in [0.5, 0.6) is 0 Å². The van der Waals surface area contributed by atoms with Crippen LogP contribution in [0, 0.1) is 6.92 Å². The van der Waals surface area contributed by atoms with E-state index >= 15 is 0 Å². The van der Waals surface area contributed by atoms with Crippen LogP contribution in [-0.4, -0.2) is 12.8 Å². The summed E-state index contributed by atoms with van der Waals surface area (Å²) >= 11 is 2.11. The molecule has 74 heavy (non-hydrogen) atoms. The summed E-state index contributed by atoms with van der Waals surface area (Å²) in [6, 6.07) is 33.6. The summed E-state index contributed by atoms with van der Waals surface area (Å²) in [6.45, 7) is 44.4. The number of anilines is 4. The van der Waals surface area contributed by atoms with E-state index in [9.17, 15) is 0 Å². The Balaban J connectivity index is 1.22. The monoisotopic (exact) mass is 997 g/mol. The van der Waals surface area contributed by atoms with Gasteiger partial charge in [0.05, 0.1) is 17.4 Å². The predicted molar refractivity (Wildman–Crippen MR) is 324 cm³/mol. The molecule has 4 heteroatoms.